The van der Waals surface area contributed by atoms with E-state index in [1.165, 1.54) is 0 Å². The van der Waals surface area contributed by atoms with Gasteiger partial charge in [0.05, 0.1) is 0 Å². The Labute approximate surface area is 100 Å². The average molecular weight is 233 g/mol. The molecule has 0 aliphatic rings. The van der Waals surface area contributed by atoms with Crippen molar-refractivity contribution in [2.45, 2.75) is 20.1 Å². The van der Waals surface area contributed by atoms with Gasteiger partial charge < -0.3 is 14.0 Å². The van der Waals surface area contributed by atoms with Crippen LogP contribution in [0, 0.1) is 6.92 Å². The summed E-state index contributed by atoms with van der Waals surface area (Å²) < 4.78 is 15.7. The van der Waals surface area contributed by atoms with E-state index in [0.717, 1.165) is 17.0 Å². The molecule has 0 aliphatic carbocycles. The molecular formula is C13H15NO3. The summed E-state index contributed by atoms with van der Waals surface area (Å²) in [5.74, 6) is 1.57. The number of nitrogens with zero attached hydrogens (tertiary/aromatic N) is 1. The van der Waals surface area contributed by atoms with Crippen LogP contribution in [0.4, 0.5) is 0 Å². The fraction of sp³-hybridized carbons (Fsp3) is 0.308. The lowest BCUT2D eigenvalue weighted by Crippen LogP contribution is -1.96. The summed E-state index contributed by atoms with van der Waals surface area (Å²) in [7, 11) is 1.62. The number of para-hydroxylation sites is 1. The number of aryl methyl sites for hydroxylation is 1. The molecule has 4 nitrogen and oxygen atoms in total. The molecule has 17 heavy (non-hydrogen) atoms. The van der Waals surface area contributed by atoms with Crippen molar-refractivity contribution >= 4 is 0 Å². The van der Waals surface area contributed by atoms with Gasteiger partial charge in [0.2, 0.25) is 0 Å². The zero-order chi connectivity index (χ0) is 12.1. The Balaban J connectivity index is 1.95. The fourth-order valence-electron chi connectivity index (χ4n) is 1.50. The molecule has 2 rings (SSSR count). The Morgan fingerprint density at radius 1 is 1.24 bits per heavy atom. The lowest BCUT2D eigenvalue weighted by atomic mass is 10.2. The van der Waals surface area contributed by atoms with Gasteiger partial charge in [-0.25, -0.2) is 0 Å². The van der Waals surface area contributed by atoms with Gasteiger partial charge in [-0.3, -0.25) is 0 Å². The second-order valence-corrected chi connectivity index (χ2v) is 3.77. The van der Waals surface area contributed by atoms with Crippen LogP contribution in [-0.4, -0.2) is 12.3 Å². The first-order valence-corrected chi connectivity index (χ1v) is 5.41. The monoisotopic (exact) mass is 233 g/mol. The fourth-order valence-corrected chi connectivity index (χ4v) is 1.50. The topological polar surface area (TPSA) is 44.5 Å². The molecule has 0 fully saturated rings. The quantitative estimate of drug-likeness (QED) is 0.796. The highest BCUT2D eigenvalue weighted by Crippen LogP contribution is 2.17. The van der Waals surface area contributed by atoms with Gasteiger partial charge in [-0.05, 0) is 18.6 Å². The van der Waals surface area contributed by atoms with Crippen LogP contribution in [-0.2, 0) is 18.0 Å². The molecule has 0 amide bonds. The Morgan fingerprint density at radius 3 is 2.82 bits per heavy atom. The molecule has 1 heterocycles. The van der Waals surface area contributed by atoms with E-state index in [4.69, 9.17) is 14.0 Å². The van der Waals surface area contributed by atoms with Crippen molar-refractivity contribution in [1.82, 2.24) is 5.16 Å². The van der Waals surface area contributed by atoms with Crippen LogP contribution in [0.2, 0.25) is 0 Å². The number of hydrogen-bond donors (Lipinski definition) is 0. The van der Waals surface area contributed by atoms with Crippen LogP contribution in [0.3, 0.4) is 0 Å². The highest BCUT2D eigenvalue weighted by molar-refractivity contribution is 5.31. The lowest BCUT2D eigenvalue weighted by molar-refractivity contribution is 0.155. The third-order valence-corrected chi connectivity index (χ3v) is 2.36. The van der Waals surface area contributed by atoms with E-state index in [-0.39, 0.29) is 0 Å². The van der Waals surface area contributed by atoms with Crippen LogP contribution in [0.5, 0.6) is 5.75 Å². The highest BCUT2D eigenvalue weighted by Gasteiger charge is 2.05. The van der Waals surface area contributed by atoms with Crippen molar-refractivity contribution in [1.29, 1.82) is 0 Å². The number of rotatable bonds is 5. The predicted octanol–water partition coefficient (Wildman–Crippen LogP) is 2.71. The second-order valence-electron chi connectivity index (χ2n) is 3.77. The minimum Gasteiger partial charge on any atom is -0.487 e. The number of ether oxygens (including phenoxy) is 2. The first-order valence-electron chi connectivity index (χ1n) is 5.41. The van der Waals surface area contributed by atoms with Gasteiger partial charge in [-0.2, -0.15) is 0 Å². The minimum absolute atomic E-state index is 0.401. The van der Waals surface area contributed by atoms with Crippen LogP contribution >= 0.6 is 0 Å². The molecule has 0 saturated heterocycles. The van der Waals surface area contributed by atoms with Gasteiger partial charge in [-0.1, -0.05) is 23.4 Å². The third kappa shape index (κ3) is 3.07. The summed E-state index contributed by atoms with van der Waals surface area (Å²) in [6, 6.07) is 9.71. The van der Waals surface area contributed by atoms with E-state index in [1.807, 2.05) is 37.3 Å². The van der Waals surface area contributed by atoms with Gasteiger partial charge in [0, 0.05) is 13.2 Å². The second kappa shape index (κ2) is 5.50. The zero-order valence-corrected chi connectivity index (χ0v) is 9.97. The normalized spacial score (nSPS) is 10.5. The van der Waals surface area contributed by atoms with Crippen molar-refractivity contribution < 1.29 is 14.0 Å². The number of methoxy groups -OCH3 is 1. The maximum Gasteiger partial charge on any atom is 0.162 e. The van der Waals surface area contributed by atoms with Crippen LogP contribution < -0.4 is 4.74 Å². The minimum atomic E-state index is 0.401. The smallest absolute Gasteiger partial charge is 0.162 e. The van der Waals surface area contributed by atoms with Gasteiger partial charge in [0.15, 0.2) is 5.76 Å². The molecular weight excluding hydrogens is 218 g/mol. The summed E-state index contributed by atoms with van der Waals surface area (Å²) in [4.78, 5) is 0. The number of aromatic nitrogens is 1. The van der Waals surface area contributed by atoms with Gasteiger partial charge in [0.1, 0.15) is 24.7 Å². The average Bonchev–Trinajstić information content (AvgIpc) is 2.76. The molecule has 0 atom stereocenters. The maximum atomic E-state index is 5.65. The third-order valence-electron chi connectivity index (χ3n) is 2.36. The van der Waals surface area contributed by atoms with Crippen LogP contribution in [0.25, 0.3) is 0 Å². The Kier molecular flexibility index (Phi) is 3.77. The van der Waals surface area contributed by atoms with E-state index < -0.39 is 0 Å². The van der Waals surface area contributed by atoms with Crippen LogP contribution in [0.15, 0.2) is 34.9 Å². The first-order chi connectivity index (χ1) is 8.29. The van der Waals surface area contributed by atoms with E-state index in [1.54, 1.807) is 7.11 Å². The summed E-state index contributed by atoms with van der Waals surface area (Å²) in [5.41, 5.74) is 1.87. The summed E-state index contributed by atoms with van der Waals surface area (Å²) in [6.07, 6.45) is 0. The van der Waals surface area contributed by atoms with E-state index >= 15 is 0 Å². The summed E-state index contributed by atoms with van der Waals surface area (Å²) in [6.45, 7) is 2.84. The molecule has 90 valence electrons. The van der Waals surface area contributed by atoms with E-state index in [2.05, 4.69) is 5.16 Å². The molecule has 1 aromatic heterocycles. The largest absolute Gasteiger partial charge is 0.487 e. The van der Waals surface area contributed by atoms with Gasteiger partial charge in [0.25, 0.3) is 0 Å². The zero-order valence-electron chi connectivity index (χ0n) is 9.97. The highest BCUT2D eigenvalue weighted by atomic mass is 16.5. The molecule has 0 aliphatic heterocycles. The lowest BCUT2D eigenvalue weighted by Gasteiger charge is -2.06. The van der Waals surface area contributed by atoms with Crippen molar-refractivity contribution in [3.8, 4) is 5.75 Å². The van der Waals surface area contributed by atoms with E-state index in [9.17, 15) is 0 Å². The van der Waals surface area contributed by atoms with Gasteiger partial charge in [-0.15, -0.1) is 0 Å². The number of benzene rings is 1. The standard InChI is InChI=1S/C13H15NO3/c1-10-5-3-4-6-13(10)16-8-11-7-12(9-15-2)17-14-11/h3-7H,8-9H2,1-2H3. The molecule has 0 bridgehead atoms. The van der Waals surface area contributed by atoms with Crippen molar-refractivity contribution in [2.24, 2.45) is 0 Å². The molecule has 0 radical (unpaired) electrons. The molecule has 0 saturated carbocycles. The Bertz CT molecular complexity index is 479. The summed E-state index contributed by atoms with van der Waals surface area (Å²) >= 11 is 0. The molecule has 2 aromatic rings. The molecule has 1 aromatic carbocycles. The number of hydrogen-bond acceptors (Lipinski definition) is 4. The molecule has 0 unspecified atom stereocenters. The predicted molar refractivity (Wildman–Crippen MR) is 62.7 cm³/mol. The Morgan fingerprint density at radius 2 is 2.06 bits per heavy atom. The SMILES string of the molecule is COCc1cc(COc2ccccc2C)no1. The molecule has 0 spiro atoms. The molecule has 0 N–H and O–H groups in total. The first kappa shape index (κ1) is 11.7. The molecule has 4 heteroatoms. The Hall–Kier alpha value is -1.81. The summed E-state index contributed by atoms with van der Waals surface area (Å²) in [5, 5.41) is 3.90. The van der Waals surface area contributed by atoms with Crippen molar-refractivity contribution in [2.75, 3.05) is 7.11 Å². The van der Waals surface area contributed by atoms with Gasteiger partial charge >= 0.3 is 0 Å². The van der Waals surface area contributed by atoms with E-state index in [0.29, 0.717) is 19.0 Å². The van der Waals surface area contributed by atoms with Crippen LogP contribution in [0.1, 0.15) is 17.0 Å². The maximum absolute atomic E-state index is 5.65. The van der Waals surface area contributed by atoms with Crippen molar-refractivity contribution in [3.05, 3.63) is 47.3 Å². The van der Waals surface area contributed by atoms with Crippen molar-refractivity contribution in [3.63, 3.8) is 0 Å².